The minimum Gasteiger partial charge on any atom is -0.352 e. The Labute approximate surface area is 169 Å². The molecule has 0 radical (unpaired) electrons. The Bertz CT molecular complexity index is 845. The molecule has 2 aromatic rings. The molecule has 1 saturated heterocycles. The zero-order valence-corrected chi connectivity index (χ0v) is 16.4. The molecule has 6 nitrogen and oxygen atoms in total. The molecule has 1 aliphatic rings. The van der Waals surface area contributed by atoms with Crippen LogP contribution in [0, 0.1) is 6.92 Å². The molecule has 0 atom stereocenters. The van der Waals surface area contributed by atoms with Gasteiger partial charge in [-0.1, -0.05) is 16.8 Å². The first-order valence-electron chi connectivity index (χ1n) is 8.53. The van der Waals surface area contributed by atoms with E-state index in [0.29, 0.717) is 38.3 Å². The van der Waals surface area contributed by atoms with Gasteiger partial charge in [-0.3, -0.25) is 4.79 Å². The summed E-state index contributed by atoms with van der Waals surface area (Å²) >= 11 is 11.9. The van der Waals surface area contributed by atoms with Crippen LogP contribution < -0.4 is 4.90 Å². The van der Waals surface area contributed by atoms with Gasteiger partial charge in [0, 0.05) is 44.4 Å². The van der Waals surface area contributed by atoms with Crippen molar-refractivity contribution >= 4 is 34.9 Å². The van der Waals surface area contributed by atoms with Crippen LogP contribution in [0.15, 0.2) is 16.8 Å². The third kappa shape index (κ3) is 4.52. The van der Waals surface area contributed by atoms with Crippen molar-refractivity contribution in [2.75, 3.05) is 31.1 Å². The molecule has 3 heterocycles. The smallest absolute Gasteiger partial charge is 0.352 e. The highest BCUT2D eigenvalue weighted by Gasteiger charge is 2.32. The largest absolute Gasteiger partial charge is 0.417 e. The Morgan fingerprint density at radius 3 is 2.46 bits per heavy atom. The molecular formula is C17H17Cl2F3N4O2. The number of carbonyl (C=O) groups is 1. The molecule has 1 fully saturated rings. The number of anilines is 1. The Morgan fingerprint density at radius 2 is 1.93 bits per heavy atom. The van der Waals surface area contributed by atoms with Gasteiger partial charge in [0.25, 0.3) is 0 Å². The summed E-state index contributed by atoms with van der Waals surface area (Å²) < 4.78 is 43.1. The van der Waals surface area contributed by atoms with Crippen molar-refractivity contribution in [1.82, 2.24) is 15.0 Å². The molecule has 0 aromatic carbocycles. The molecule has 28 heavy (non-hydrogen) atoms. The number of rotatable bonds is 4. The van der Waals surface area contributed by atoms with E-state index in [0.717, 1.165) is 17.8 Å². The van der Waals surface area contributed by atoms with Gasteiger partial charge in [0.15, 0.2) is 0 Å². The van der Waals surface area contributed by atoms with Crippen molar-refractivity contribution < 1.29 is 22.5 Å². The van der Waals surface area contributed by atoms with Crippen LogP contribution >= 0.6 is 23.2 Å². The summed E-state index contributed by atoms with van der Waals surface area (Å²) in [5, 5.41) is 3.88. The lowest BCUT2D eigenvalue weighted by Gasteiger charge is -2.36. The van der Waals surface area contributed by atoms with E-state index in [4.69, 9.17) is 27.7 Å². The normalized spacial score (nSPS) is 15.2. The van der Waals surface area contributed by atoms with E-state index in [1.165, 1.54) is 0 Å². The Hall–Kier alpha value is -2.00. The molecule has 0 aliphatic carbocycles. The molecule has 0 spiro atoms. The summed E-state index contributed by atoms with van der Waals surface area (Å²) in [5.41, 5.74) is 0.484. The maximum absolute atomic E-state index is 12.7. The summed E-state index contributed by atoms with van der Waals surface area (Å²) in [5.74, 6) is 0.247. The predicted molar refractivity (Wildman–Crippen MR) is 97.6 cm³/mol. The topological polar surface area (TPSA) is 62.5 Å². The number of halogens is 5. The fraction of sp³-hybridized carbons (Fsp3) is 0.471. The molecular weight excluding hydrogens is 420 g/mol. The van der Waals surface area contributed by atoms with Gasteiger partial charge in [0.05, 0.1) is 16.3 Å². The van der Waals surface area contributed by atoms with Crippen molar-refractivity contribution in [1.29, 1.82) is 0 Å². The number of aromatic nitrogens is 2. The molecule has 0 N–H and O–H groups in total. The molecule has 1 amide bonds. The SMILES string of the molecule is Cc1noc(Cl)c1CCC(=O)N1CCN(c2ncc(C(F)(F)F)cc2Cl)CC1. The number of aryl methyl sites for hydroxylation is 1. The van der Waals surface area contributed by atoms with Crippen molar-refractivity contribution in [2.45, 2.75) is 25.9 Å². The van der Waals surface area contributed by atoms with E-state index < -0.39 is 11.7 Å². The summed E-state index contributed by atoms with van der Waals surface area (Å²) in [6, 6.07) is 0.867. The third-order valence-corrected chi connectivity index (χ3v) is 5.18. The number of piperazine rings is 1. The summed E-state index contributed by atoms with van der Waals surface area (Å²) in [7, 11) is 0. The number of hydrogen-bond donors (Lipinski definition) is 0. The van der Waals surface area contributed by atoms with Crippen LogP contribution in [0.1, 0.15) is 23.2 Å². The van der Waals surface area contributed by atoms with Gasteiger partial charge in [0.2, 0.25) is 11.1 Å². The minimum absolute atomic E-state index is 0.0391. The average Bonchev–Trinajstić information content (AvgIpc) is 2.97. The van der Waals surface area contributed by atoms with E-state index >= 15 is 0 Å². The Kier molecular flexibility index (Phi) is 6.04. The number of alkyl halides is 3. The van der Waals surface area contributed by atoms with Gasteiger partial charge < -0.3 is 14.3 Å². The van der Waals surface area contributed by atoms with Crippen LogP contribution in [0.25, 0.3) is 0 Å². The van der Waals surface area contributed by atoms with Crippen LogP contribution in [0.4, 0.5) is 19.0 Å². The Morgan fingerprint density at radius 1 is 1.25 bits per heavy atom. The first-order chi connectivity index (χ1) is 13.2. The van der Waals surface area contributed by atoms with Gasteiger partial charge in [-0.05, 0) is 31.0 Å². The highest BCUT2D eigenvalue weighted by Crippen LogP contribution is 2.33. The molecule has 0 unspecified atom stereocenters. The molecule has 1 aliphatic heterocycles. The summed E-state index contributed by atoms with van der Waals surface area (Å²) in [6.07, 6.45) is -3.03. The number of nitrogens with zero attached hydrogens (tertiary/aromatic N) is 4. The highest BCUT2D eigenvalue weighted by molar-refractivity contribution is 6.33. The highest BCUT2D eigenvalue weighted by atomic mass is 35.5. The van der Waals surface area contributed by atoms with Gasteiger partial charge in [-0.15, -0.1) is 0 Å². The van der Waals surface area contributed by atoms with Crippen molar-refractivity contribution in [3.05, 3.63) is 39.3 Å². The van der Waals surface area contributed by atoms with Crippen molar-refractivity contribution in [3.63, 3.8) is 0 Å². The zero-order chi connectivity index (χ0) is 20.5. The number of pyridine rings is 1. The second kappa shape index (κ2) is 8.16. The number of hydrogen-bond acceptors (Lipinski definition) is 5. The number of amides is 1. The molecule has 3 rings (SSSR count). The van der Waals surface area contributed by atoms with Gasteiger partial charge in [-0.2, -0.15) is 13.2 Å². The summed E-state index contributed by atoms with van der Waals surface area (Å²) in [6.45, 7) is 3.46. The fourth-order valence-electron chi connectivity index (χ4n) is 3.02. The molecule has 152 valence electrons. The number of carbonyl (C=O) groups excluding carboxylic acids is 1. The van der Waals surface area contributed by atoms with Gasteiger partial charge >= 0.3 is 6.18 Å². The quantitative estimate of drug-likeness (QED) is 0.724. The van der Waals surface area contributed by atoms with Crippen molar-refractivity contribution in [3.8, 4) is 0 Å². The fourth-order valence-corrected chi connectivity index (χ4v) is 3.57. The lowest BCUT2D eigenvalue weighted by Crippen LogP contribution is -2.49. The van der Waals surface area contributed by atoms with E-state index in [2.05, 4.69) is 10.1 Å². The van der Waals surface area contributed by atoms with Crippen LogP contribution in [-0.4, -0.2) is 47.1 Å². The van der Waals surface area contributed by atoms with E-state index in [9.17, 15) is 18.0 Å². The predicted octanol–water partition coefficient (Wildman–Crippen LogP) is 3.99. The van der Waals surface area contributed by atoms with E-state index in [-0.39, 0.29) is 28.4 Å². The molecule has 0 bridgehead atoms. The Balaban J connectivity index is 1.56. The van der Waals surface area contributed by atoms with Crippen molar-refractivity contribution in [2.24, 2.45) is 0 Å². The van der Waals surface area contributed by atoms with Crippen LogP contribution in [0.5, 0.6) is 0 Å². The second-order valence-corrected chi connectivity index (χ2v) is 7.17. The van der Waals surface area contributed by atoms with E-state index in [1.807, 2.05) is 0 Å². The average molecular weight is 437 g/mol. The molecule has 2 aromatic heterocycles. The summed E-state index contributed by atoms with van der Waals surface area (Å²) in [4.78, 5) is 19.8. The second-order valence-electron chi connectivity index (χ2n) is 6.42. The first kappa shape index (κ1) is 20.7. The van der Waals surface area contributed by atoms with Crippen LogP contribution in [-0.2, 0) is 17.4 Å². The maximum Gasteiger partial charge on any atom is 0.417 e. The maximum atomic E-state index is 12.7. The third-order valence-electron chi connectivity index (χ3n) is 4.61. The lowest BCUT2D eigenvalue weighted by atomic mass is 10.1. The van der Waals surface area contributed by atoms with Crippen LogP contribution in [0.2, 0.25) is 10.2 Å². The lowest BCUT2D eigenvalue weighted by molar-refractivity contribution is -0.137. The first-order valence-corrected chi connectivity index (χ1v) is 9.28. The zero-order valence-electron chi connectivity index (χ0n) is 14.9. The van der Waals surface area contributed by atoms with E-state index in [1.54, 1.807) is 16.7 Å². The minimum atomic E-state index is -4.49. The molecule has 11 heteroatoms. The monoisotopic (exact) mass is 436 g/mol. The molecule has 0 saturated carbocycles. The van der Waals surface area contributed by atoms with Gasteiger partial charge in [-0.25, -0.2) is 4.98 Å². The van der Waals surface area contributed by atoms with Crippen LogP contribution in [0.3, 0.4) is 0 Å². The standard InChI is InChI=1S/C17H17Cl2F3N4O2/c1-10-12(15(19)28-24-10)2-3-14(27)25-4-6-26(7-5-25)16-13(18)8-11(9-23-16)17(20,21)22/h8-9H,2-7H2,1H3. The van der Waals surface area contributed by atoms with Gasteiger partial charge in [0.1, 0.15) is 5.82 Å².